The number of halogens is 1. The fourth-order valence-electron chi connectivity index (χ4n) is 3.57. The van der Waals surface area contributed by atoms with E-state index in [9.17, 15) is 4.79 Å². The number of hydrogen-bond acceptors (Lipinski definition) is 6. The van der Waals surface area contributed by atoms with Crippen molar-refractivity contribution in [3.8, 4) is 0 Å². The standard InChI is InChI=1S/C20H33N7O2.HI/c1-4-29-20(28)27-13-11-26(12-14-27)19(21-2)23-16-17-5-6-18(22-15-17)25-9-7-24(3)8-10-25;/h5-6,15H,4,7-14,16H2,1-3H3,(H,21,23);1H. The molecule has 2 aliphatic rings. The number of carbonyl (C=O) groups excluding carboxylic acids is 1. The van der Waals surface area contributed by atoms with Gasteiger partial charge in [0, 0.05) is 72.1 Å². The van der Waals surface area contributed by atoms with Crippen LogP contribution in [0.15, 0.2) is 23.3 Å². The Balaban J connectivity index is 0.00000320. The predicted octanol–water partition coefficient (Wildman–Crippen LogP) is 1.30. The number of nitrogens with one attached hydrogen (secondary N) is 1. The van der Waals surface area contributed by atoms with Gasteiger partial charge in [-0.1, -0.05) is 6.07 Å². The van der Waals surface area contributed by atoms with Crippen molar-refractivity contribution in [3.63, 3.8) is 0 Å². The van der Waals surface area contributed by atoms with Crippen LogP contribution >= 0.6 is 24.0 Å². The molecule has 0 radical (unpaired) electrons. The quantitative estimate of drug-likeness (QED) is 0.357. The number of piperazine rings is 2. The highest BCUT2D eigenvalue weighted by molar-refractivity contribution is 14.0. The van der Waals surface area contributed by atoms with Gasteiger partial charge in [-0.3, -0.25) is 4.99 Å². The molecule has 30 heavy (non-hydrogen) atoms. The predicted molar refractivity (Wildman–Crippen MR) is 130 cm³/mol. The summed E-state index contributed by atoms with van der Waals surface area (Å²) < 4.78 is 5.08. The Kier molecular flexibility index (Phi) is 9.89. The molecule has 3 rings (SSSR count). The lowest BCUT2D eigenvalue weighted by atomic mass is 10.2. The third-order valence-corrected chi connectivity index (χ3v) is 5.40. The Morgan fingerprint density at radius 1 is 1.10 bits per heavy atom. The van der Waals surface area contributed by atoms with Crippen LogP contribution in [0.25, 0.3) is 0 Å². The summed E-state index contributed by atoms with van der Waals surface area (Å²) in [7, 11) is 3.94. The van der Waals surface area contributed by atoms with E-state index in [1.54, 1.807) is 11.9 Å². The molecule has 0 aliphatic carbocycles. The zero-order chi connectivity index (χ0) is 20.6. The molecule has 3 heterocycles. The summed E-state index contributed by atoms with van der Waals surface area (Å²) in [6.45, 7) is 9.84. The Morgan fingerprint density at radius 2 is 1.77 bits per heavy atom. The normalized spacial score (nSPS) is 18.1. The minimum Gasteiger partial charge on any atom is -0.450 e. The summed E-state index contributed by atoms with van der Waals surface area (Å²) in [5.41, 5.74) is 1.12. The number of likely N-dealkylation sites (N-methyl/N-ethyl adjacent to an activating group) is 1. The summed E-state index contributed by atoms with van der Waals surface area (Å²) in [6, 6.07) is 4.23. The van der Waals surface area contributed by atoms with Crippen molar-refractivity contribution >= 4 is 41.8 Å². The molecule has 2 aliphatic heterocycles. The van der Waals surface area contributed by atoms with E-state index in [1.165, 1.54) is 0 Å². The minimum absolute atomic E-state index is 0. The number of aromatic nitrogens is 1. The van der Waals surface area contributed by atoms with Gasteiger partial charge in [0.15, 0.2) is 5.96 Å². The molecule has 0 atom stereocenters. The number of carbonyl (C=O) groups is 1. The van der Waals surface area contributed by atoms with Crippen molar-refractivity contribution in [2.24, 2.45) is 4.99 Å². The van der Waals surface area contributed by atoms with Crippen LogP contribution in [0, 0.1) is 0 Å². The van der Waals surface area contributed by atoms with Crippen LogP contribution in [0.3, 0.4) is 0 Å². The van der Waals surface area contributed by atoms with E-state index in [-0.39, 0.29) is 30.1 Å². The number of aliphatic imine (C=N–C) groups is 1. The van der Waals surface area contributed by atoms with Crippen molar-refractivity contribution in [2.75, 3.05) is 78.0 Å². The van der Waals surface area contributed by atoms with Gasteiger partial charge in [0.25, 0.3) is 0 Å². The molecule has 1 N–H and O–H groups in total. The maximum absolute atomic E-state index is 11.8. The first kappa shape index (κ1) is 24.4. The average Bonchev–Trinajstić information content (AvgIpc) is 2.76. The summed E-state index contributed by atoms with van der Waals surface area (Å²) >= 11 is 0. The lowest BCUT2D eigenvalue weighted by Crippen LogP contribution is -2.53. The molecule has 0 spiro atoms. The molecular formula is C20H34IN7O2. The van der Waals surface area contributed by atoms with Crippen LogP contribution < -0.4 is 10.2 Å². The lowest BCUT2D eigenvalue weighted by molar-refractivity contribution is 0.0914. The van der Waals surface area contributed by atoms with Crippen LogP contribution in [-0.4, -0.2) is 105 Å². The van der Waals surface area contributed by atoms with Gasteiger partial charge in [0.05, 0.1) is 6.61 Å². The molecule has 168 valence electrons. The van der Waals surface area contributed by atoms with E-state index in [4.69, 9.17) is 4.74 Å². The second-order valence-electron chi connectivity index (χ2n) is 7.39. The highest BCUT2D eigenvalue weighted by Gasteiger charge is 2.23. The zero-order valence-electron chi connectivity index (χ0n) is 18.2. The number of amides is 1. The molecule has 1 aromatic rings. The molecule has 2 saturated heterocycles. The second kappa shape index (κ2) is 12.1. The van der Waals surface area contributed by atoms with Crippen LogP contribution in [0.5, 0.6) is 0 Å². The maximum atomic E-state index is 11.8. The fourth-order valence-corrected chi connectivity index (χ4v) is 3.57. The third kappa shape index (κ3) is 6.59. The number of ether oxygens (including phenoxy) is 1. The fraction of sp³-hybridized carbons (Fsp3) is 0.650. The van der Waals surface area contributed by atoms with E-state index in [0.717, 1.165) is 56.6 Å². The van der Waals surface area contributed by atoms with Crippen LogP contribution in [0.1, 0.15) is 12.5 Å². The second-order valence-corrected chi connectivity index (χ2v) is 7.39. The maximum Gasteiger partial charge on any atom is 0.409 e. The van der Waals surface area contributed by atoms with Crippen molar-refractivity contribution in [3.05, 3.63) is 23.9 Å². The highest BCUT2D eigenvalue weighted by Crippen LogP contribution is 2.13. The van der Waals surface area contributed by atoms with Crippen LogP contribution in [-0.2, 0) is 11.3 Å². The summed E-state index contributed by atoms with van der Waals surface area (Å²) in [5.74, 6) is 1.89. The summed E-state index contributed by atoms with van der Waals surface area (Å²) in [6.07, 6.45) is 1.70. The molecule has 0 bridgehead atoms. The van der Waals surface area contributed by atoms with Gasteiger partial charge in [-0.05, 0) is 25.6 Å². The third-order valence-electron chi connectivity index (χ3n) is 5.40. The van der Waals surface area contributed by atoms with Crippen molar-refractivity contribution in [1.82, 2.24) is 25.0 Å². The van der Waals surface area contributed by atoms with Gasteiger partial charge in [0.2, 0.25) is 0 Å². The Morgan fingerprint density at radius 3 is 2.33 bits per heavy atom. The van der Waals surface area contributed by atoms with E-state index in [1.807, 2.05) is 13.1 Å². The molecule has 10 heteroatoms. The van der Waals surface area contributed by atoms with Gasteiger partial charge in [0.1, 0.15) is 5.82 Å². The van der Waals surface area contributed by atoms with Gasteiger partial charge in [-0.25, -0.2) is 9.78 Å². The zero-order valence-corrected chi connectivity index (χ0v) is 20.5. The number of anilines is 1. The molecular weight excluding hydrogens is 497 g/mol. The van der Waals surface area contributed by atoms with E-state index in [2.05, 4.69) is 49.2 Å². The highest BCUT2D eigenvalue weighted by atomic mass is 127. The van der Waals surface area contributed by atoms with Gasteiger partial charge in [-0.15, -0.1) is 24.0 Å². The van der Waals surface area contributed by atoms with Crippen LogP contribution in [0.4, 0.5) is 10.6 Å². The molecule has 0 aromatic carbocycles. The first-order valence-corrected chi connectivity index (χ1v) is 10.4. The molecule has 2 fully saturated rings. The molecule has 0 unspecified atom stereocenters. The van der Waals surface area contributed by atoms with Gasteiger partial charge < -0.3 is 29.7 Å². The topological polar surface area (TPSA) is 76.5 Å². The number of nitrogens with zero attached hydrogens (tertiary/aromatic N) is 6. The largest absolute Gasteiger partial charge is 0.450 e. The van der Waals surface area contributed by atoms with E-state index >= 15 is 0 Å². The van der Waals surface area contributed by atoms with Crippen LogP contribution in [0.2, 0.25) is 0 Å². The monoisotopic (exact) mass is 531 g/mol. The number of pyridine rings is 1. The smallest absolute Gasteiger partial charge is 0.409 e. The summed E-state index contributed by atoms with van der Waals surface area (Å²) in [5, 5.41) is 3.41. The summed E-state index contributed by atoms with van der Waals surface area (Å²) in [4.78, 5) is 29.5. The van der Waals surface area contributed by atoms with Crippen molar-refractivity contribution < 1.29 is 9.53 Å². The Bertz CT molecular complexity index is 685. The Labute approximate surface area is 196 Å². The van der Waals surface area contributed by atoms with E-state index < -0.39 is 0 Å². The van der Waals surface area contributed by atoms with Crippen molar-refractivity contribution in [2.45, 2.75) is 13.5 Å². The SMILES string of the molecule is CCOC(=O)N1CCN(C(=NC)NCc2ccc(N3CCN(C)CC3)nc2)CC1.I. The molecule has 1 aromatic heterocycles. The minimum atomic E-state index is -0.235. The first-order chi connectivity index (χ1) is 14.1. The number of guanidine groups is 1. The average molecular weight is 531 g/mol. The number of rotatable bonds is 4. The number of hydrogen-bond donors (Lipinski definition) is 1. The Hall–Kier alpha value is -1.82. The van der Waals surface area contributed by atoms with Gasteiger partial charge in [-0.2, -0.15) is 0 Å². The molecule has 9 nitrogen and oxygen atoms in total. The molecule has 0 saturated carbocycles. The van der Waals surface area contributed by atoms with Gasteiger partial charge >= 0.3 is 6.09 Å². The van der Waals surface area contributed by atoms with Crippen molar-refractivity contribution in [1.29, 1.82) is 0 Å². The first-order valence-electron chi connectivity index (χ1n) is 10.4. The molecule has 1 amide bonds. The van der Waals surface area contributed by atoms with E-state index in [0.29, 0.717) is 26.2 Å². The lowest BCUT2D eigenvalue weighted by Gasteiger charge is -2.35.